The van der Waals surface area contributed by atoms with Crippen molar-refractivity contribution in [1.29, 1.82) is 0 Å². The molecule has 2 rings (SSSR count). The molecule has 1 aliphatic heterocycles. The summed E-state index contributed by atoms with van der Waals surface area (Å²) in [6.07, 6.45) is 0.680. The Morgan fingerprint density at radius 1 is 1.42 bits per heavy atom. The minimum atomic E-state index is -0.523. The molecule has 1 atom stereocenters. The number of hydrogen-bond donors (Lipinski definition) is 1. The Bertz CT molecular complexity index is 544. The summed E-state index contributed by atoms with van der Waals surface area (Å²) in [4.78, 5) is 34.4. The number of nitrogens with one attached hydrogen (secondary N) is 1. The number of likely N-dealkylation sites (tertiary alicyclic amines) is 1. The summed E-state index contributed by atoms with van der Waals surface area (Å²) in [6.45, 7) is 0. The average molecular weight is 263 g/mol. The molecular formula is C12H13N3O4. The first kappa shape index (κ1) is 13.0. The van der Waals surface area contributed by atoms with Crippen molar-refractivity contribution in [1.82, 2.24) is 4.90 Å². The number of carbonyl (C=O) groups excluding carboxylic acids is 2. The molecule has 1 aliphatic rings. The van der Waals surface area contributed by atoms with Crippen molar-refractivity contribution in [2.24, 2.45) is 0 Å². The van der Waals surface area contributed by atoms with Gasteiger partial charge in [0.15, 0.2) is 0 Å². The van der Waals surface area contributed by atoms with Crippen LogP contribution in [-0.4, -0.2) is 34.7 Å². The summed E-state index contributed by atoms with van der Waals surface area (Å²) < 4.78 is 0. The first-order valence-electron chi connectivity index (χ1n) is 5.80. The number of rotatable bonds is 3. The summed E-state index contributed by atoms with van der Waals surface area (Å²) in [5.74, 6) is -0.523. The van der Waals surface area contributed by atoms with E-state index in [0.717, 1.165) is 4.90 Å². The minimum absolute atomic E-state index is 0.0438. The third-order valence-corrected chi connectivity index (χ3v) is 3.05. The number of anilines is 1. The number of nitro benzene ring substituents is 1. The summed E-state index contributed by atoms with van der Waals surface area (Å²) in [5, 5.41) is 13.6. The highest BCUT2D eigenvalue weighted by atomic mass is 16.6. The standard InChI is InChI=1S/C12H13N3O4/c1-14-11(16)6-5-10(12(14)17)13-8-3-2-4-9(7-8)15(18)19/h2-4,7,10,13H,5-6H2,1H3. The second kappa shape index (κ2) is 5.05. The maximum absolute atomic E-state index is 11.9. The van der Waals surface area contributed by atoms with Gasteiger partial charge in [-0.05, 0) is 12.5 Å². The zero-order valence-electron chi connectivity index (χ0n) is 10.3. The highest BCUT2D eigenvalue weighted by molar-refractivity contribution is 6.01. The molecule has 19 heavy (non-hydrogen) atoms. The van der Waals surface area contributed by atoms with Crippen LogP contribution in [0.1, 0.15) is 12.8 Å². The third kappa shape index (κ3) is 2.70. The number of amides is 2. The Kier molecular flexibility index (Phi) is 3.46. The van der Waals surface area contributed by atoms with Crippen LogP contribution in [0.15, 0.2) is 24.3 Å². The third-order valence-electron chi connectivity index (χ3n) is 3.05. The summed E-state index contributed by atoms with van der Waals surface area (Å²) >= 11 is 0. The van der Waals surface area contributed by atoms with Crippen molar-refractivity contribution in [3.63, 3.8) is 0 Å². The van der Waals surface area contributed by atoms with E-state index in [9.17, 15) is 19.7 Å². The lowest BCUT2D eigenvalue weighted by atomic mass is 10.0. The molecule has 2 amide bonds. The molecule has 0 bridgehead atoms. The number of imide groups is 1. The van der Waals surface area contributed by atoms with Crippen LogP contribution in [0.2, 0.25) is 0 Å². The van der Waals surface area contributed by atoms with Crippen LogP contribution >= 0.6 is 0 Å². The Morgan fingerprint density at radius 3 is 2.84 bits per heavy atom. The van der Waals surface area contributed by atoms with Crippen LogP contribution in [-0.2, 0) is 9.59 Å². The molecule has 0 radical (unpaired) electrons. The van der Waals surface area contributed by atoms with Crippen molar-refractivity contribution < 1.29 is 14.5 Å². The van der Waals surface area contributed by atoms with Gasteiger partial charge in [-0.15, -0.1) is 0 Å². The molecule has 1 fully saturated rings. The molecule has 0 aromatic heterocycles. The lowest BCUT2D eigenvalue weighted by Crippen LogP contribution is -2.48. The summed E-state index contributed by atoms with van der Waals surface area (Å²) in [5.41, 5.74) is 0.452. The fourth-order valence-corrected chi connectivity index (χ4v) is 1.96. The summed E-state index contributed by atoms with van der Waals surface area (Å²) in [7, 11) is 1.44. The number of piperidine rings is 1. The molecule has 0 aliphatic carbocycles. The smallest absolute Gasteiger partial charge is 0.271 e. The number of nitrogens with zero attached hydrogens (tertiary/aromatic N) is 2. The van der Waals surface area contributed by atoms with E-state index in [4.69, 9.17) is 0 Å². The zero-order valence-corrected chi connectivity index (χ0v) is 10.3. The first-order valence-corrected chi connectivity index (χ1v) is 5.80. The van der Waals surface area contributed by atoms with Crippen molar-refractivity contribution in [3.8, 4) is 0 Å². The van der Waals surface area contributed by atoms with Gasteiger partial charge in [0.1, 0.15) is 6.04 Å². The predicted octanol–water partition coefficient (Wildman–Crippen LogP) is 1.15. The van der Waals surface area contributed by atoms with Gasteiger partial charge >= 0.3 is 0 Å². The molecular weight excluding hydrogens is 250 g/mol. The number of non-ortho nitro benzene ring substituents is 1. The lowest BCUT2D eigenvalue weighted by molar-refractivity contribution is -0.384. The molecule has 1 heterocycles. The Balaban J connectivity index is 2.13. The second-order valence-corrected chi connectivity index (χ2v) is 4.33. The molecule has 1 N–H and O–H groups in total. The highest BCUT2D eigenvalue weighted by Gasteiger charge is 2.31. The topological polar surface area (TPSA) is 92.6 Å². The monoisotopic (exact) mass is 263 g/mol. The van der Waals surface area contributed by atoms with Gasteiger partial charge in [0.25, 0.3) is 11.6 Å². The van der Waals surface area contributed by atoms with E-state index in [1.54, 1.807) is 12.1 Å². The van der Waals surface area contributed by atoms with Gasteiger partial charge in [-0.3, -0.25) is 24.6 Å². The van der Waals surface area contributed by atoms with Crippen LogP contribution < -0.4 is 5.32 Å². The van der Waals surface area contributed by atoms with Gasteiger partial charge in [0, 0.05) is 31.3 Å². The Labute approximate surface area is 109 Å². The highest BCUT2D eigenvalue weighted by Crippen LogP contribution is 2.21. The molecule has 0 saturated carbocycles. The van der Waals surface area contributed by atoms with Gasteiger partial charge in [0.2, 0.25) is 5.91 Å². The Morgan fingerprint density at radius 2 is 2.16 bits per heavy atom. The quantitative estimate of drug-likeness (QED) is 0.501. The van der Waals surface area contributed by atoms with Crippen LogP contribution in [0.3, 0.4) is 0 Å². The minimum Gasteiger partial charge on any atom is -0.373 e. The number of benzene rings is 1. The van der Waals surface area contributed by atoms with Crippen LogP contribution in [0, 0.1) is 10.1 Å². The lowest BCUT2D eigenvalue weighted by Gasteiger charge is -2.28. The summed E-state index contributed by atoms with van der Waals surface area (Å²) in [6, 6.07) is 5.41. The van der Waals surface area contributed by atoms with Gasteiger partial charge in [-0.25, -0.2) is 0 Å². The van der Waals surface area contributed by atoms with E-state index < -0.39 is 11.0 Å². The van der Waals surface area contributed by atoms with E-state index in [0.29, 0.717) is 12.1 Å². The zero-order chi connectivity index (χ0) is 14.0. The maximum atomic E-state index is 11.9. The number of nitro groups is 1. The molecule has 1 saturated heterocycles. The molecule has 7 heteroatoms. The van der Waals surface area contributed by atoms with Crippen molar-refractivity contribution in [2.45, 2.75) is 18.9 Å². The second-order valence-electron chi connectivity index (χ2n) is 4.33. The van der Waals surface area contributed by atoms with E-state index in [2.05, 4.69) is 5.32 Å². The molecule has 1 aromatic rings. The van der Waals surface area contributed by atoms with Gasteiger partial charge < -0.3 is 5.32 Å². The van der Waals surface area contributed by atoms with Gasteiger partial charge in [-0.1, -0.05) is 6.07 Å². The molecule has 1 aromatic carbocycles. The first-order chi connectivity index (χ1) is 8.99. The fourth-order valence-electron chi connectivity index (χ4n) is 1.96. The van der Waals surface area contributed by atoms with Crippen LogP contribution in [0.4, 0.5) is 11.4 Å². The maximum Gasteiger partial charge on any atom is 0.271 e. The van der Waals surface area contributed by atoms with Crippen molar-refractivity contribution in [2.75, 3.05) is 12.4 Å². The normalized spacial score (nSPS) is 19.4. The molecule has 0 spiro atoms. The van der Waals surface area contributed by atoms with Gasteiger partial charge in [0.05, 0.1) is 4.92 Å². The number of carbonyl (C=O) groups is 2. The van der Waals surface area contributed by atoms with E-state index in [-0.39, 0.29) is 23.9 Å². The predicted molar refractivity (Wildman–Crippen MR) is 67.5 cm³/mol. The van der Waals surface area contributed by atoms with Gasteiger partial charge in [-0.2, -0.15) is 0 Å². The van der Waals surface area contributed by atoms with E-state index in [1.807, 2.05) is 0 Å². The van der Waals surface area contributed by atoms with Crippen LogP contribution in [0.25, 0.3) is 0 Å². The fraction of sp³-hybridized carbons (Fsp3) is 0.333. The average Bonchev–Trinajstić information content (AvgIpc) is 2.40. The van der Waals surface area contributed by atoms with E-state index in [1.165, 1.54) is 19.2 Å². The Hall–Kier alpha value is -2.44. The van der Waals surface area contributed by atoms with Crippen molar-refractivity contribution >= 4 is 23.2 Å². The molecule has 7 nitrogen and oxygen atoms in total. The van der Waals surface area contributed by atoms with Crippen molar-refractivity contribution in [3.05, 3.63) is 34.4 Å². The van der Waals surface area contributed by atoms with Crippen LogP contribution in [0.5, 0.6) is 0 Å². The number of likely N-dealkylation sites (N-methyl/N-ethyl adjacent to an activating group) is 1. The SMILES string of the molecule is CN1C(=O)CCC(Nc2cccc([N+](=O)[O-])c2)C1=O. The molecule has 1 unspecified atom stereocenters. The van der Waals surface area contributed by atoms with E-state index >= 15 is 0 Å². The molecule has 100 valence electrons. The number of hydrogen-bond acceptors (Lipinski definition) is 5. The largest absolute Gasteiger partial charge is 0.373 e.